The normalized spacial score (nSPS) is 10.5. The fraction of sp³-hybridized carbons (Fsp3) is 0.100. The molecule has 0 amide bonds. The minimum Gasteiger partial charge on any atom is -0.466 e. The number of hydrogen-bond acceptors (Lipinski definition) is 4. The van der Waals surface area contributed by atoms with Crippen molar-refractivity contribution in [1.82, 2.24) is 0 Å². The second kappa shape index (κ2) is 5.65. The summed E-state index contributed by atoms with van der Waals surface area (Å²) in [6, 6.07) is 2.43. The van der Waals surface area contributed by atoms with E-state index in [1.54, 1.807) is 0 Å². The number of nitro groups is 1. The lowest BCUT2D eigenvalue weighted by atomic mass is 10.1. The summed E-state index contributed by atoms with van der Waals surface area (Å²) in [5.41, 5.74) is -0.0608. The van der Waals surface area contributed by atoms with Crippen LogP contribution in [0.3, 0.4) is 0 Å². The maximum Gasteiger partial charge on any atom is 0.330 e. The molecule has 0 fully saturated rings. The van der Waals surface area contributed by atoms with Gasteiger partial charge in [-0.3, -0.25) is 10.1 Å². The van der Waals surface area contributed by atoms with Gasteiger partial charge in [0.25, 0.3) is 5.69 Å². The molecule has 0 atom stereocenters. The van der Waals surface area contributed by atoms with Crippen molar-refractivity contribution in [2.75, 3.05) is 7.11 Å². The first-order valence-electron chi connectivity index (χ1n) is 4.35. The van der Waals surface area contributed by atoms with Crippen molar-refractivity contribution in [3.8, 4) is 0 Å². The highest BCUT2D eigenvalue weighted by Gasteiger charge is 2.15. The highest BCUT2D eigenvalue weighted by molar-refractivity contribution is 6.42. The number of esters is 1. The summed E-state index contributed by atoms with van der Waals surface area (Å²) in [5, 5.41) is 11.0. The summed E-state index contributed by atoms with van der Waals surface area (Å²) in [4.78, 5) is 21.0. The number of ether oxygens (including phenoxy) is 1. The van der Waals surface area contributed by atoms with Gasteiger partial charge in [0, 0.05) is 12.1 Å². The average molecular weight is 276 g/mol. The molecule has 0 unspecified atom stereocenters. The number of hydrogen-bond donors (Lipinski definition) is 0. The molecular formula is C10H7Cl2NO4. The molecule has 0 aliphatic rings. The fourth-order valence-corrected chi connectivity index (χ4v) is 1.40. The Morgan fingerprint density at radius 3 is 2.53 bits per heavy atom. The summed E-state index contributed by atoms with van der Waals surface area (Å²) in [5.74, 6) is -0.620. The topological polar surface area (TPSA) is 69.4 Å². The number of halogens is 2. The first-order chi connectivity index (χ1) is 7.95. The van der Waals surface area contributed by atoms with Crippen molar-refractivity contribution in [2.24, 2.45) is 0 Å². The van der Waals surface area contributed by atoms with Crippen LogP contribution < -0.4 is 0 Å². The molecular weight excluding hydrogens is 269 g/mol. The van der Waals surface area contributed by atoms with Crippen LogP contribution in [0.5, 0.6) is 0 Å². The quantitative estimate of drug-likeness (QED) is 0.368. The number of carbonyl (C=O) groups is 1. The van der Waals surface area contributed by atoms with Gasteiger partial charge in [-0.15, -0.1) is 0 Å². The summed E-state index contributed by atoms with van der Waals surface area (Å²) < 4.78 is 4.37. The summed E-state index contributed by atoms with van der Waals surface area (Å²) in [6.45, 7) is 0. The minimum absolute atomic E-state index is 0.0774. The molecule has 0 radical (unpaired) electrons. The third-order valence-corrected chi connectivity index (χ3v) is 2.59. The van der Waals surface area contributed by atoms with E-state index in [0.29, 0.717) is 0 Å². The van der Waals surface area contributed by atoms with E-state index in [2.05, 4.69) is 4.74 Å². The van der Waals surface area contributed by atoms with Crippen LogP contribution in [0.15, 0.2) is 18.2 Å². The van der Waals surface area contributed by atoms with Crippen LogP contribution in [0.25, 0.3) is 6.08 Å². The van der Waals surface area contributed by atoms with E-state index in [0.717, 1.165) is 12.1 Å². The smallest absolute Gasteiger partial charge is 0.330 e. The SMILES string of the molecule is COC(=O)C=Cc1cc(Cl)c(Cl)cc1[N+](=O)[O-]. The molecule has 0 bridgehead atoms. The Labute approximate surface area is 107 Å². The summed E-state index contributed by atoms with van der Waals surface area (Å²) in [7, 11) is 1.20. The Bertz CT molecular complexity index is 499. The monoisotopic (exact) mass is 275 g/mol. The number of methoxy groups -OCH3 is 1. The zero-order chi connectivity index (χ0) is 13.0. The lowest BCUT2D eigenvalue weighted by molar-refractivity contribution is -0.385. The highest BCUT2D eigenvalue weighted by atomic mass is 35.5. The van der Waals surface area contributed by atoms with Gasteiger partial charge in [0.15, 0.2) is 0 Å². The van der Waals surface area contributed by atoms with E-state index in [9.17, 15) is 14.9 Å². The zero-order valence-electron chi connectivity index (χ0n) is 8.65. The molecule has 0 aliphatic carbocycles. The number of benzene rings is 1. The highest BCUT2D eigenvalue weighted by Crippen LogP contribution is 2.31. The molecule has 0 heterocycles. The van der Waals surface area contributed by atoms with E-state index in [4.69, 9.17) is 23.2 Å². The van der Waals surface area contributed by atoms with E-state index in [1.165, 1.54) is 19.3 Å². The van der Waals surface area contributed by atoms with Crippen LogP contribution >= 0.6 is 23.2 Å². The Morgan fingerprint density at radius 2 is 2.00 bits per heavy atom. The molecule has 1 rings (SSSR count). The average Bonchev–Trinajstić information content (AvgIpc) is 2.29. The zero-order valence-corrected chi connectivity index (χ0v) is 10.2. The number of nitro benzene ring substituents is 1. The molecule has 1 aromatic rings. The van der Waals surface area contributed by atoms with Gasteiger partial charge in [-0.05, 0) is 12.1 Å². The van der Waals surface area contributed by atoms with Crippen molar-refractivity contribution in [2.45, 2.75) is 0 Å². The fourth-order valence-electron chi connectivity index (χ4n) is 1.07. The molecule has 1 aromatic carbocycles. The number of nitrogens with zero attached hydrogens (tertiary/aromatic N) is 1. The van der Waals surface area contributed by atoms with Gasteiger partial charge in [-0.25, -0.2) is 4.79 Å². The Balaban J connectivity index is 3.22. The Kier molecular flexibility index (Phi) is 4.48. The van der Waals surface area contributed by atoms with E-state index >= 15 is 0 Å². The van der Waals surface area contributed by atoms with Gasteiger partial charge in [0.1, 0.15) is 0 Å². The number of rotatable bonds is 3. The molecule has 0 saturated carbocycles. The predicted octanol–water partition coefficient (Wildman–Crippen LogP) is 3.09. The third-order valence-electron chi connectivity index (χ3n) is 1.87. The molecule has 0 aromatic heterocycles. The van der Waals surface area contributed by atoms with Gasteiger partial charge in [0.2, 0.25) is 0 Å². The molecule has 90 valence electrons. The molecule has 5 nitrogen and oxygen atoms in total. The molecule has 0 saturated heterocycles. The summed E-state index contributed by atoms with van der Waals surface area (Å²) >= 11 is 11.4. The van der Waals surface area contributed by atoms with Crippen LogP contribution in [-0.2, 0) is 9.53 Å². The van der Waals surface area contributed by atoms with Gasteiger partial charge >= 0.3 is 5.97 Å². The Morgan fingerprint density at radius 1 is 1.41 bits per heavy atom. The molecule has 0 aliphatic heterocycles. The van der Waals surface area contributed by atoms with Crippen molar-refractivity contribution in [1.29, 1.82) is 0 Å². The molecule has 0 N–H and O–H groups in total. The second-order valence-corrected chi connectivity index (χ2v) is 3.75. The van der Waals surface area contributed by atoms with E-state index < -0.39 is 10.9 Å². The largest absolute Gasteiger partial charge is 0.466 e. The Hall–Kier alpha value is -1.59. The van der Waals surface area contributed by atoms with Crippen LogP contribution in [0.1, 0.15) is 5.56 Å². The first-order valence-corrected chi connectivity index (χ1v) is 5.10. The first kappa shape index (κ1) is 13.5. The predicted molar refractivity (Wildman–Crippen MR) is 64.2 cm³/mol. The van der Waals surface area contributed by atoms with Gasteiger partial charge < -0.3 is 4.74 Å². The summed E-state index contributed by atoms with van der Waals surface area (Å²) in [6.07, 6.45) is 2.30. The van der Waals surface area contributed by atoms with Gasteiger partial charge in [0.05, 0.1) is 27.6 Å². The van der Waals surface area contributed by atoms with E-state index in [1.807, 2.05) is 0 Å². The van der Waals surface area contributed by atoms with Gasteiger partial charge in [-0.2, -0.15) is 0 Å². The minimum atomic E-state index is -0.620. The van der Waals surface area contributed by atoms with Crippen molar-refractivity contribution >= 4 is 40.9 Å². The van der Waals surface area contributed by atoms with Crippen molar-refractivity contribution in [3.63, 3.8) is 0 Å². The van der Waals surface area contributed by atoms with Crippen LogP contribution in [0.2, 0.25) is 10.0 Å². The van der Waals surface area contributed by atoms with Crippen LogP contribution in [0, 0.1) is 10.1 Å². The van der Waals surface area contributed by atoms with Crippen molar-refractivity contribution in [3.05, 3.63) is 43.9 Å². The molecule has 17 heavy (non-hydrogen) atoms. The molecule has 0 spiro atoms. The maximum absolute atomic E-state index is 10.9. The lowest BCUT2D eigenvalue weighted by Gasteiger charge is -2.00. The molecule has 7 heteroatoms. The van der Waals surface area contributed by atoms with Crippen molar-refractivity contribution < 1.29 is 14.5 Å². The number of carbonyl (C=O) groups excluding carboxylic acids is 1. The second-order valence-electron chi connectivity index (χ2n) is 2.94. The van der Waals surface area contributed by atoms with Crippen LogP contribution in [-0.4, -0.2) is 18.0 Å². The van der Waals surface area contributed by atoms with Crippen LogP contribution in [0.4, 0.5) is 5.69 Å². The van der Waals surface area contributed by atoms with Gasteiger partial charge in [-0.1, -0.05) is 23.2 Å². The lowest BCUT2D eigenvalue weighted by Crippen LogP contribution is -1.95. The van der Waals surface area contributed by atoms with E-state index in [-0.39, 0.29) is 21.3 Å². The third kappa shape index (κ3) is 3.44. The standard InChI is InChI=1S/C10H7Cl2NO4/c1-17-10(14)3-2-6-4-7(11)8(12)5-9(6)13(15)16/h2-5H,1H3. The maximum atomic E-state index is 10.9.